The van der Waals surface area contributed by atoms with E-state index in [2.05, 4.69) is 36.3 Å². The zero-order valence-corrected chi connectivity index (χ0v) is 38.5. The number of methoxy groups -OCH3 is 1. The number of fused-ring (bicyclic) bond motifs is 1. The molecule has 0 aliphatic carbocycles. The number of carbonyl (C=O) groups excluding carboxylic acids is 7. The van der Waals surface area contributed by atoms with Gasteiger partial charge in [-0.2, -0.15) is 0 Å². The SMILES string of the molecule is COC(=O)CSC(=O)C[C@H](NC(=O)[C@H](Cc1ccccc1)NC(=O)[C@@H](NC1=NCC(=O)N2CC[C@@H](C)[C@H]2C(=O)N[C@@H](C(C)C)C(=O)N[C@H]1C(C)(C)C)C(C)(C)C)c1nccs1. The van der Waals surface area contributed by atoms with Crippen LogP contribution in [0.25, 0.3) is 0 Å². The monoisotopic (exact) mass is 882 g/mol. The van der Waals surface area contributed by atoms with Crippen molar-refractivity contribution in [2.24, 2.45) is 27.7 Å². The van der Waals surface area contributed by atoms with Crippen LogP contribution >= 0.6 is 23.1 Å². The van der Waals surface area contributed by atoms with Gasteiger partial charge in [0.15, 0.2) is 5.12 Å². The average molecular weight is 883 g/mol. The first-order chi connectivity index (χ1) is 28.6. The number of nitrogens with zero attached hydrogens (tertiary/aromatic N) is 3. The van der Waals surface area contributed by atoms with E-state index in [-0.39, 0.29) is 59.7 Å². The lowest BCUT2D eigenvalue weighted by molar-refractivity contribution is -0.140. The number of amides is 5. The number of carbonyl (C=O) groups is 7. The third-order valence-electron chi connectivity index (χ3n) is 10.7. The van der Waals surface area contributed by atoms with Crippen LogP contribution in [-0.2, 0) is 44.7 Å². The van der Waals surface area contributed by atoms with E-state index in [1.165, 1.54) is 23.3 Å². The van der Waals surface area contributed by atoms with Gasteiger partial charge in [-0.1, -0.05) is 104 Å². The van der Waals surface area contributed by atoms with Gasteiger partial charge in [-0.05, 0) is 34.7 Å². The van der Waals surface area contributed by atoms with Gasteiger partial charge >= 0.3 is 5.97 Å². The molecule has 0 unspecified atom stereocenters. The minimum atomic E-state index is -1.13. The summed E-state index contributed by atoms with van der Waals surface area (Å²) in [6.07, 6.45) is 2.10. The number of amidine groups is 1. The number of ether oxygens (including phenoxy) is 1. The molecule has 4 rings (SSSR count). The standard InChI is InChI=1S/C43H62N8O8S2/c1-24(2)32-38(56)50-34(42(4,5)6)36(45-22-29(52)51-18-16-25(3)33(51)39(57)48-32)49-35(43(7,8)9)40(58)46-27(20-26-14-12-11-13-15-26)37(55)47-28(41-44-17-19-60-41)21-31(54)61-23-30(53)59-10/h11-15,17,19,24-25,27-28,32-35H,16,18,20-23H2,1-10H3,(H,45,49)(H,46,58)(H,47,55)(H,48,57)(H,50,56)/t25-,27+,28+,32+,33+,34-,35-/m1/s1. The number of rotatable bonds is 13. The van der Waals surface area contributed by atoms with Crippen molar-refractivity contribution in [1.82, 2.24) is 36.5 Å². The van der Waals surface area contributed by atoms with Crippen LogP contribution in [0.5, 0.6) is 0 Å². The van der Waals surface area contributed by atoms with Gasteiger partial charge in [-0.15, -0.1) is 11.3 Å². The van der Waals surface area contributed by atoms with Crippen molar-refractivity contribution in [1.29, 1.82) is 0 Å². The molecule has 1 saturated heterocycles. The van der Waals surface area contributed by atoms with Crippen LogP contribution in [0.1, 0.15) is 91.8 Å². The van der Waals surface area contributed by atoms with E-state index >= 15 is 0 Å². The van der Waals surface area contributed by atoms with Crippen molar-refractivity contribution in [2.45, 2.75) is 118 Å². The second kappa shape index (κ2) is 21.3. The molecule has 18 heteroatoms. The van der Waals surface area contributed by atoms with Crippen LogP contribution in [0, 0.1) is 22.7 Å². The minimum absolute atomic E-state index is 0.0960. The molecule has 2 aromatic rings. The molecule has 5 amide bonds. The average Bonchev–Trinajstić information content (AvgIpc) is 3.87. The zero-order valence-electron chi connectivity index (χ0n) is 36.8. The number of aliphatic imine (C=N–C) groups is 1. The Labute approximate surface area is 367 Å². The first kappa shape index (κ1) is 48.8. The molecule has 3 heterocycles. The van der Waals surface area contributed by atoms with Crippen LogP contribution < -0.4 is 26.6 Å². The Kier molecular flexibility index (Phi) is 17.0. The van der Waals surface area contributed by atoms with Gasteiger partial charge < -0.3 is 36.2 Å². The lowest BCUT2D eigenvalue weighted by Crippen LogP contribution is -2.64. The second-order valence-corrected chi connectivity index (χ2v) is 20.1. The van der Waals surface area contributed by atoms with Crippen molar-refractivity contribution in [2.75, 3.05) is 26.0 Å². The first-order valence-electron chi connectivity index (χ1n) is 20.6. The number of thiazole rings is 1. The Morgan fingerprint density at radius 2 is 1.67 bits per heavy atom. The Morgan fingerprint density at radius 3 is 2.26 bits per heavy atom. The molecule has 7 atom stereocenters. The maximum absolute atomic E-state index is 14.7. The highest BCUT2D eigenvalue weighted by Crippen LogP contribution is 2.28. The predicted molar refractivity (Wildman–Crippen MR) is 235 cm³/mol. The molecule has 61 heavy (non-hydrogen) atoms. The van der Waals surface area contributed by atoms with Crippen molar-refractivity contribution >= 4 is 69.6 Å². The Morgan fingerprint density at radius 1 is 0.984 bits per heavy atom. The van der Waals surface area contributed by atoms with Gasteiger partial charge in [0.2, 0.25) is 29.5 Å². The maximum Gasteiger partial charge on any atom is 0.316 e. The molecule has 0 radical (unpaired) electrons. The smallest absolute Gasteiger partial charge is 0.316 e. The largest absolute Gasteiger partial charge is 0.468 e. The Hall–Kier alpha value is -4.84. The number of esters is 1. The van der Waals surface area contributed by atoms with Gasteiger partial charge in [-0.3, -0.25) is 38.6 Å². The molecular formula is C43H62N8O8S2. The van der Waals surface area contributed by atoms with Crippen LogP contribution in [0.3, 0.4) is 0 Å². The zero-order chi connectivity index (χ0) is 45.2. The summed E-state index contributed by atoms with van der Waals surface area (Å²) in [5.41, 5.74) is -0.772. The molecule has 0 bridgehead atoms. The normalized spacial score (nSPS) is 21.7. The summed E-state index contributed by atoms with van der Waals surface area (Å²) >= 11 is 2.03. The predicted octanol–water partition coefficient (Wildman–Crippen LogP) is 3.18. The maximum atomic E-state index is 14.7. The van der Waals surface area contributed by atoms with Gasteiger partial charge in [0.25, 0.3) is 0 Å². The second-order valence-electron chi connectivity index (χ2n) is 18.1. The topological polar surface area (TPSA) is 217 Å². The van der Waals surface area contributed by atoms with Gasteiger partial charge in [0.1, 0.15) is 41.6 Å². The number of nitrogens with one attached hydrogen (secondary N) is 5. The highest BCUT2D eigenvalue weighted by Gasteiger charge is 2.44. The molecule has 0 saturated carbocycles. The molecule has 2 aliphatic heterocycles. The number of hydrogen-bond acceptors (Lipinski definition) is 13. The summed E-state index contributed by atoms with van der Waals surface area (Å²) in [6.45, 7) is 16.8. The quantitative estimate of drug-likeness (QED) is 0.184. The van der Waals surface area contributed by atoms with Gasteiger partial charge in [0, 0.05) is 31.0 Å². The molecule has 16 nitrogen and oxygen atoms in total. The van der Waals surface area contributed by atoms with E-state index < -0.39 is 70.8 Å². The van der Waals surface area contributed by atoms with E-state index in [0.717, 1.165) is 17.3 Å². The molecule has 2 aliphatic rings. The fraction of sp³-hybridized carbons (Fsp3) is 0.605. The third kappa shape index (κ3) is 13.6. The summed E-state index contributed by atoms with van der Waals surface area (Å²) in [5, 5.41) is 17.1. The number of aromatic nitrogens is 1. The van der Waals surface area contributed by atoms with Crippen LogP contribution in [0.2, 0.25) is 0 Å². The van der Waals surface area contributed by atoms with E-state index in [1.54, 1.807) is 11.6 Å². The molecule has 1 aromatic carbocycles. The van der Waals surface area contributed by atoms with Crippen LogP contribution in [-0.4, -0.2) is 113 Å². The van der Waals surface area contributed by atoms with Gasteiger partial charge in [-0.25, -0.2) is 4.98 Å². The molecule has 1 fully saturated rings. The lowest BCUT2D eigenvalue weighted by atomic mass is 9.82. The third-order valence-corrected chi connectivity index (χ3v) is 12.5. The molecule has 1 aromatic heterocycles. The van der Waals surface area contributed by atoms with Gasteiger partial charge in [0.05, 0.1) is 24.9 Å². The van der Waals surface area contributed by atoms with E-state index in [9.17, 15) is 33.6 Å². The van der Waals surface area contributed by atoms with E-state index in [4.69, 9.17) is 4.99 Å². The minimum Gasteiger partial charge on any atom is -0.468 e. The van der Waals surface area contributed by atoms with Crippen LogP contribution in [0.4, 0.5) is 0 Å². The number of benzene rings is 1. The summed E-state index contributed by atoms with van der Waals surface area (Å²) < 4.78 is 4.66. The van der Waals surface area contributed by atoms with E-state index in [0.29, 0.717) is 18.0 Å². The summed E-state index contributed by atoms with van der Waals surface area (Å²) in [7, 11) is 1.23. The van der Waals surface area contributed by atoms with Crippen molar-refractivity contribution in [3.8, 4) is 0 Å². The Bertz CT molecular complexity index is 1910. The molecule has 0 spiro atoms. The highest BCUT2D eigenvalue weighted by atomic mass is 32.2. The fourth-order valence-corrected chi connectivity index (χ4v) is 8.60. The molecule has 5 N–H and O–H groups in total. The first-order valence-corrected chi connectivity index (χ1v) is 22.4. The van der Waals surface area contributed by atoms with Crippen LogP contribution in [0.15, 0.2) is 46.9 Å². The Balaban J connectivity index is 1.71. The molecule has 334 valence electrons. The number of thioether (sulfide) groups is 1. The summed E-state index contributed by atoms with van der Waals surface area (Å²) in [6, 6.07) is 3.58. The lowest BCUT2D eigenvalue weighted by Gasteiger charge is -2.39. The van der Waals surface area contributed by atoms with Crippen molar-refractivity contribution in [3.05, 3.63) is 52.5 Å². The van der Waals surface area contributed by atoms with Crippen molar-refractivity contribution < 1.29 is 38.3 Å². The highest BCUT2D eigenvalue weighted by molar-refractivity contribution is 8.14. The van der Waals surface area contributed by atoms with E-state index in [1.807, 2.05) is 92.6 Å². The fourth-order valence-electron chi connectivity index (χ4n) is 7.23. The van der Waals surface area contributed by atoms with Crippen molar-refractivity contribution in [3.63, 3.8) is 0 Å². The summed E-state index contributed by atoms with van der Waals surface area (Å²) in [5.74, 6) is -3.30. The summed E-state index contributed by atoms with van der Waals surface area (Å²) in [4.78, 5) is 106. The molecular weight excluding hydrogens is 821 g/mol. The number of hydrogen-bond donors (Lipinski definition) is 5.